The number of nitrogens with zero attached hydrogens (tertiary/aromatic N) is 1. The van der Waals surface area contributed by atoms with E-state index in [4.69, 9.17) is 9.47 Å². The normalized spacial score (nSPS) is 14.9. The van der Waals surface area contributed by atoms with Gasteiger partial charge in [-0.3, -0.25) is 9.59 Å². The zero-order chi connectivity index (χ0) is 20.8. The van der Waals surface area contributed by atoms with E-state index in [1.807, 2.05) is 32.0 Å². The summed E-state index contributed by atoms with van der Waals surface area (Å²) in [4.78, 5) is 26.1. The number of amides is 1. The average Bonchev–Trinajstić information content (AvgIpc) is 2.72. The lowest BCUT2D eigenvalue weighted by Crippen LogP contribution is -2.47. The molecular weight excluding hydrogens is 368 g/mol. The molecule has 0 aliphatic carbocycles. The van der Waals surface area contributed by atoms with Gasteiger partial charge in [0.15, 0.2) is 11.5 Å². The van der Waals surface area contributed by atoms with E-state index in [2.05, 4.69) is 17.2 Å². The SMILES string of the molecule is CCOc1c(C#CCN2C(=O)c3ccccc3NC2C)cccc1OC(=O)CC. The molecule has 3 rings (SSSR count). The molecule has 0 saturated carbocycles. The second kappa shape index (κ2) is 9.16. The Morgan fingerprint density at radius 1 is 1.17 bits per heavy atom. The van der Waals surface area contributed by atoms with Gasteiger partial charge in [0.05, 0.1) is 30.4 Å². The minimum absolute atomic E-state index is 0.0585. The van der Waals surface area contributed by atoms with Crippen molar-refractivity contribution in [2.75, 3.05) is 18.5 Å². The molecule has 1 atom stereocenters. The summed E-state index contributed by atoms with van der Waals surface area (Å²) >= 11 is 0. The van der Waals surface area contributed by atoms with Gasteiger partial charge in [0, 0.05) is 12.1 Å². The maximum atomic E-state index is 12.8. The second-order valence-corrected chi connectivity index (χ2v) is 6.49. The first-order valence-electron chi connectivity index (χ1n) is 9.67. The molecule has 150 valence electrons. The van der Waals surface area contributed by atoms with Crippen LogP contribution in [0.25, 0.3) is 0 Å². The molecule has 0 bridgehead atoms. The van der Waals surface area contributed by atoms with Gasteiger partial charge in [0.1, 0.15) is 0 Å². The number of hydrogen-bond acceptors (Lipinski definition) is 5. The highest BCUT2D eigenvalue weighted by Crippen LogP contribution is 2.31. The van der Waals surface area contributed by atoms with Crippen LogP contribution in [0.1, 0.15) is 43.1 Å². The number of fused-ring (bicyclic) bond motifs is 1. The Kier molecular flexibility index (Phi) is 6.40. The van der Waals surface area contributed by atoms with Crippen molar-refractivity contribution in [2.24, 2.45) is 0 Å². The lowest BCUT2D eigenvalue weighted by molar-refractivity contribution is -0.134. The molecule has 6 nitrogen and oxygen atoms in total. The first-order chi connectivity index (χ1) is 14.0. The monoisotopic (exact) mass is 392 g/mol. The minimum Gasteiger partial charge on any atom is -0.489 e. The number of carbonyl (C=O) groups excluding carboxylic acids is 2. The van der Waals surface area contributed by atoms with E-state index < -0.39 is 0 Å². The summed E-state index contributed by atoms with van der Waals surface area (Å²) in [5.41, 5.74) is 2.08. The molecule has 0 spiro atoms. The van der Waals surface area contributed by atoms with Crippen LogP contribution in [0.2, 0.25) is 0 Å². The molecule has 1 aliphatic rings. The molecule has 1 N–H and O–H groups in total. The lowest BCUT2D eigenvalue weighted by atomic mass is 10.1. The Balaban J connectivity index is 1.82. The van der Waals surface area contributed by atoms with E-state index in [1.165, 1.54) is 0 Å². The number of carbonyl (C=O) groups is 2. The summed E-state index contributed by atoms with van der Waals surface area (Å²) in [6, 6.07) is 12.7. The highest BCUT2D eigenvalue weighted by molar-refractivity contribution is 6.01. The van der Waals surface area contributed by atoms with Crippen molar-refractivity contribution in [3.63, 3.8) is 0 Å². The number of para-hydroxylation sites is 2. The van der Waals surface area contributed by atoms with E-state index in [1.54, 1.807) is 36.1 Å². The van der Waals surface area contributed by atoms with Crippen molar-refractivity contribution in [1.82, 2.24) is 4.90 Å². The third-order valence-corrected chi connectivity index (χ3v) is 4.50. The predicted octanol–water partition coefficient (Wildman–Crippen LogP) is 3.67. The Bertz CT molecular complexity index is 974. The topological polar surface area (TPSA) is 67.9 Å². The summed E-state index contributed by atoms with van der Waals surface area (Å²) in [6.45, 7) is 6.18. The molecule has 1 amide bonds. The summed E-state index contributed by atoms with van der Waals surface area (Å²) in [6.07, 6.45) is 0.0974. The molecule has 1 unspecified atom stereocenters. The van der Waals surface area contributed by atoms with Gasteiger partial charge in [0.2, 0.25) is 0 Å². The second-order valence-electron chi connectivity index (χ2n) is 6.49. The van der Waals surface area contributed by atoms with Gasteiger partial charge in [-0.2, -0.15) is 0 Å². The van der Waals surface area contributed by atoms with Gasteiger partial charge >= 0.3 is 5.97 Å². The van der Waals surface area contributed by atoms with Crippen LogP contribution in [0.3, 0.4) is 0 Å². The van der Waals surface area contributed by atoms with Gasteiger partial charge in [-0.1, -0.05) is 37.0 Å². The number of hydrogen-bond donors (Lipinski definition) is 1. The van der Waals surface area contributed by atoms with Gasteiger partial charge in [0.25, 0.3) is 5.91 Å². The van der Waals surface area contributed by atoms with E-state index in [0.717, 1.165) is 5.69 Å². The molecule has 0 fully saturated rings. The Labute approximate surface area is 170 Å². The molecule has 0 aromatic heterocycles. The minimum atomic E-state index is -0.339. The van der Waals surface area contributed by atoms with Crippen molar-refractivity contribution in [1.29, 1.82) is 0 Å². The number of anilines is 1. The largest absolute Gasteiger partial charge is 0.489 e. The smallest absolute Gasteiger partial charge is 0.311 e. The third kappa shape index (κ3) is 4.52. The number of esters is 1. The number of benzene rings is 2. The maximum Gasteiger partial charge on any atom is 0.311 e. The van der Waals surface area contributed by atoms with E-state index in [0.29, 0.717) is 29.2 Å². The van der Waals surface area contributed by atoms with Crippen molar-refractivity contribution in [3.8, 4) is 23.3 Å². The molecule has 1 heterocycles. The van der Waals surface area contributed by atoms with Crippen LogP contribution in [0.4, 0.5) is 5.69 Å². The fraction of sp³-hybridized carbons (Fsp3) is 0.304. The number of ether oxygens (including phenoxy) is 2. The molecule has 29 heavy (non-hydrogen) atoms. The van der Waals surface area contributed by atoms with Crippen molar-refractivity contribution < 1.29 is 19.1 Å². The first kappa shape index (κ1) is 20.3. The summed E-state index contributed by atoms with van der Waals surface area (Å²) in [5, 5.41) is 3.31. The molecule has 6 heteroatoms. The highest BCUT2D eigenvalue weighted by Gasteiger charge is 2.28. The fourth-order valence-corrected chi connectivity index (χ4v) is 3.04. The van der Waals surface area contributed by atoms with Gasteiger partial charge in [-0.15, -0.1) is 0 Å². The van der Waals surface area contributed by atoms with Crippen LogP contribution in [0.15, 0.2) is 42.5 Å². The van der Waals surface area contributed by atoms with E-state index in [9.17, 15) is 9.59 Å². The molecule has 2 aromatic carbocycles. The maximum absolute atomic E-state index is 12.8. The predicted molar refractivity (Wildman–Crippen MR) is 111 cm³/mol. The standard InChI is InChI=1S/C23H24N2O4/c1-4-21(26)29-20-14-8-10-17(22(20)28-5-2)11-9-15-25-16(3)24-19-13-7-6-12-18(19)23(25)27/h6-8,10,12-14,16,24H,4-5,15H2,1-3H3. The van der Waals surface area contributed by atoms with Gasteiger partial charge in [-0.05, 0) is 38.1 Å². The molecule has 0 saturated heterocycles. The van der Waals surface area contributed by atoms with Crippen molar-refractivity contribution in [3.05, 3.63) is 53.6 Å². The van der Waals surface area contributed by atoms with Gasteiger partial charge < -0.3 is 19.7 Å². The zero-order valence-electron chi connectivity index (χ0n) is 16.8. The van der Waals surface area contributed by atoms with Crippen LogP contribution in [0, 0.1) is 11.8 Å². The molecule has 0 radical (unpaired) electrons. The molecular formula is C23H24N2O4. The Hall–Kier alpha value is -3.46. The number of rotatable bonds is 5. The summed E-state index contributed by atoms with van der Waals surface area (Å²) in [7, 11) is 0. The summed E-state index contributed by atoms with van der Waals surface area (Å²) < 4.78 is 11.0. The lowest BCUT2D eigenvalue weighted by Gasteiger charge is -2.34. The fourth-order valence-electron chi connectivity index (χ4n) is 3.04. The van der Waals surface area contributed by atoms with Crippen molar-refractivity contribution >= 4 is 17.6 Å². The Morgan fingerprint density at radius 3 is 2.72 bits per heavy atom. The van der Waals surface area contributed by atoms with Gasteiger partial charge in [-0.25, -0.2) is 0 Å². The molecule has 1 aliphatic heterocycles. The highest BCUT2D eigenvalue weighted by atomic mass is 16.6. The summed E-state index contributed by atoms with van der Waals surface area (Å²) in [5.74, 6) is 6.49. The average molecular weight is 392 g/mol. The van der Waals surface area contributed by atoms with Crippen molar-refractivity contribution in [2.45, 2.75) is 33.4 Å². The molecule has 2 aromatic rings. The third-order valence-electron chi connectivity index (χ3n) is 4.50. The number of nitrogens with one attached hydrogen (secondary N) is 1. The quantitative estimate of drug-likeness (QED) is 0.478. The van der Waals surface area contributed by atoms with Crippen LogP contribution in [-0.2, 0) is 4.79 Å². The zero-order valence-corrected chi connectivity index (χ0v) is 16.8. The van der Waals surface area contributed by atoms with Crippen LogP contribution in [-0.4, -0.2) is 36.1 Å². The van der Waals surface area contributed by atoms with E-state index in [-0.39, 0.29) is 31.0 Å². The first-order valence-corrected chi connectivity index (χ1v) is 9.67. The van der Waals surface area contributed by atoms with E-state index >= 15 is 0 Å². The van der Waals surface area contributed by atoms with Crippen LogP contribution < -0.4 is 14.8 Å². The van der Waals surface area contributed by atoms with Crippen LogP contribution in [0.5, 0.6) is 11.5 Å². The Morgan fingerprint density at radius 2 is 1.97 bits per heavy atom. The van der Waals surface area contributed by atoms with Crippen LogP contribution >= 0.6 is 0 Å².